The summed E-state index contributed by atoms with van der Waals surface area (Å²) in [6, 6.07) is 20.7. The number of hydrogen-bond donors (Lipinski definition) is 0. The molecule has 0 amide bonds. The molecule has 6 nitrogen and oxygen atoms in total. The van der Waals surface area contributed by atoms with Crippen LogP contribution in [0, 0.1) is 39.8 Å². The van der Waals surface area contributed by atoms with Crippen LogP contribution >= 0.6 is 0 Å². The molecule has 1 aromatic carbocycles. The molecule has 0 N–H and O–H groups in total. The molecule has 5 rings (SSSR count). The number of imidazole rings is 1. The Bertz CT molecular complexity index is 1560. The molecular weight excluding hydrogens is 629 g/mol. The SMILES string of the molecule is Cc1cc(C)n(-c2[c-]c(Oc3[c-]c(-c4cc(C(C)(C)C)ccn4)n4c(C)c(C)nc4c3)ccc2)n1.[Pt+2]. The molecule has 36 heavy (non-hydrogen) atoms. The van der Waals surface area contributed by atoms with E-state index in [0.717, 1.165) is 45.5 Å². The van der Waals surface area contributed by atoms with E-state index in [-0.39, 0.29) is 26.5 Å². The quantitative estimate of drug-likeness (QED) is 0.207. The molecule has 4 aromatic heterocycles. The maximum absolute atomic E-state index is 6.27. The Kier molecular flexibility index (Phi) is 6.94. The molecule has 0 saturated carbocycles. The Labute approximate surface area is 226 Å². The number of ether oxygens (including phenoxy) is 1. The molecule has 0 fully saturated rings. The largest absolute Gasteiger partial charge is 2.00 e. The normalized spacial score (nSPS) is 11.5. The van der Waals surface area contributed by atoms with Crippen LogP contribution < -0.4 is 4.74 Å². The maximum atomic E-state index is 6.27. The molecule has 0 radical (unpaired) electrons. The van der Waals surface area contributed by atoms with Crippen LogP contribution in [-0.2, 0) is 26.5 Å². The van der Waals surface area contributed by atoms with Crippen molar-refractivity contribution in [2.75, 3.05) is 0 Å². The van der Waals surface area contributed by atoms with Crippen molar-refractivity contribution >= 4 is 5.65 Å². The maximum Gasteiger partial charge on any atom is 2.00 e. The summed E-state index contributed by atoms with van der Waals surface area (Å²) in [5.41, 5.74) is 8.48. The van der Waals surface area contributed by atoms with E-state index in [9.17, 15) is 0 Å². The van der Waals surface area contributed by atoms with Gasteiger partial charge in [-0.3, -0.25) is 4.68 Å². The van der Waals surface area contributed by atoms with Gasteiger partial charge in [0.1, 0.15) is 0 Å². The second kappa shape index (κ2) is 9.66. The van der Waals surface area contributed by atoms with Gasteiger partial charge >= 0.3 is 21.1 Å². The van der Waals surface area contributed by atoms with Crippen LogP contribution in [0.3, 0.4) is 0 Å². The Hall–Kier alpha value is -3.24. The fourth-order valence-corrected chi connectivity index (χ4v) is 4.21. The molecule has 0 saturated heterocycles. The van der Waals surface area contributed by atoms with Crippen molar-refractivity contribution in [1.29, 1.82) is 0 Å². The predicted octanol–water partition coefficient (Wildman–Crippen LogP) is 6.50. The molecule has 7 heteroatoms. The number of rotatable bonds is 4. The van der Waals surface area contributed by atoms with Crippen molar-refractivity contribution in [3.8, 4) is 28.6 Å². The summed E-state index contributed by atoms with van der Waals surface area (Å²) in [6.07, 6.45) is 1.86. The fourth-order valence-electron chi connectivity index (χ4n) is 4.21. The molecule has 4 heterocycles. The van der Waals surface area contributed by atoms with Crippen LogP contribution in [0.4, 0.5) is 0 Å². The van der Waals surface area contributed by atoms with E-state index < -0.39 is 0 Å². The first kappa shape index (κ1) is 25.8. The molecular formula is C29H29N5OPt. The van der Waals surface area contributed by atoms with E-state index in [2.05, 4.69) is 66.4 Å². The third-order valence-corrected chi connectivity index (χ3v) is 6.18. The zero-order valence-electron chi connectivity index (χ0n) is 21.6. The second-order valence-electron chi connectivity index (χ2n) is 9.98. The van der Waals surface area contributed by atoms with Crippen LogP contribution in [-0.4, -0.2) is 24.1 Å². The molecule has 0 aliphatic rings. The number of aryl methyl sites for hydroxylation is 4. The summed E-state index contributed by atoms with van der Waals surface area (Å²) in [5.74, 6) is 1.14. The van der Waals surface area contributed by atoms with Crippen molar-refractivity contribution in [3.63, 3.8) is 0 Å². The number of aromatic nitrogens is 5. The van der Waals surface area contributed by atoms with Crippen molar-refractivity contribution in [2.45, 2.75) is 53.9 Å². The van der Waals surface area contributed by atoms with Crippen molar-refractivity contribution in [1.82, 2.24) is 24.1 Å². The topological polar surface area (TPSA) is 57.2 Å². The first-order valence-electron chi connectivity index (χ1n) is 11.7. The fraction of sp³-hybridized carbons (Fsp3) is 0.276. The van der Waals surface area contributed by atoms with Gasteiger partial charge in [-0.15, -0.1) is 24.3 Å². The second-order valence-corrected chi connectivity index (χ2v) is 9.98. The average molecular weight is 659 g/mol. The van der Waals surface area contributed by atoms with Crippen LogP contribution in [0.25, 0.3) is 22.7 Å². The van der Waals surface area contributed by atoms with Crippen LogP contribution in [0.5, 0.6) is 11.5 Å². The number of fused-ring (bicyclic) bond motifs is 1. The van der Waals surface area contributed by atoms with E-state index in [1.165, 1.54) is 5.56 Å². The third kappa shape index (κ3) is 4.87. The molecule has 0 unspecified atom stereocenters. The molecule has 0 aliphatic carbocycles. The van der Waals surface area contributed by atoms with Crippen molar-refractivity contribution in [3.05, 3.63) is 89.1 Å². The minimum Gasteiger partial charge on any atom is -0.509 e. The van der Waals surface area contributed by atoms with Gasteiger partial charge in [0.15, 0.2) is 0 Å². The Balaban J connectivity index is 0.00000304. The van der Waals surface area contributed by atoms with Gasteiger partial charge in [-0.2, -0.15) is 11.2 Å². The van der Waals surface area contributed by atoms with E-state index in [1.807, 2.05) is 62.0 Å². The van der Waals surface area contributed by atoms with E-state index in [1.54, 1.807) is 0 Å². The van der Waals surface area contributed by atoms with E-state index >= 15 is 0 Å². The zero-order valence-corrected chi connectivity index (χ0v) is 23.9. The first-order valence-corrected chi connectivity index (χ1v) is 11.7. The van der Waals surface area contributed by atoms with Crippen molar-refractivity contribution < 1.29 is 25.8 Å². The van der Waals surface area contributed by atoms with Gasteiger partial charge in [-0.25, -0.2) is 4.98 Å². The predicted molar refractivity (Wildman–Crippen MR) is 137 cm³/mol. The van der Waals surface area contributed by atoms with Crippen LogP contribution in [0.1, 0.15) is 49.1 Å². The minimum absolute atomic E-state index is 0. The first-order chi connectivity index (χ1) is 16.6. The molecule has 5 aromatic rings. The number of pyridine rings is 2. The Morgan fingerprint density at radius 1 is 0.917 bits per heavy atom. The summed E-state index contributed by atoms with van der Waals surface area (Å²) in [5, 5.41) is 4.56. The average Bonchev–Trinajstić information content (AvgIpc) is 3.30. The van der Waals surface area contributed by atoms with Crippen LogP contribution in [0.15, 0.2) is 48.7 Å². The van der Waals surface area contributed by atoms with E-state index in [4.69, 9.17) is 9.72 Å². The van der Waals surface area contributed by atoms with Crippen LogP contribution in [0.2, 0.25) is 0 Å². The number of benzene rings is 1. The van der Waals surface area contributed by atoms with Gasteiger partial charge in [-0.1, -0.05) is 38.5 Å². The molecule has 0 bridgehead atoms. The summed E-state index contributed by atoms with van der Waals surface area (Å²) in [7, 11) is 0. The molecule has 0 atom stereocenters. The van der Waals surface area contributed by atoms with Gasteiger partial charge < -0.3 is 14.1 Å². The molecule has 0 spiro atoms. The Morgan fingerprint density at radius 3 is 2.39 bits per heavy atom. The number of hydrogen-bond acceptors (Lipinski definition) is 4. The Morgan fingerprint density at radius 2 is 1.69 bits per heavy atom. The smallest absolute Gasteiger partial charge is 0.509 e. The van der Waals surface area contributed by atoms with Gasteiger partial charge in [-0.05, 0) is 62.3 Å². The van der Waals surface area contributed by atoms with Gasteiger partial charge in [0.25, 0.3) is 0 Å². The van der Waals surface area contributed by atoms with Gasteiger partial charge in [0.2, 0.25) is 0 Å². The molecule has 0 aliphatic heterocycles. The third-order valence-electron chi connectivity index (χ3n) is 6.18. The minimum atomic E-state index is 0. The van der Waals surface area contributed by atoms with Gasteiger partial charge in [0.05, 0.1) is 17.0 Å². The standard InChI is InChI=1S/C29H29N5O.Pt/c1-18-13-19(2)34(32-18)23-9-8-10-24(15-23)35-25-16-27(33-21(4)20(3)31-28(33)17-25)26-14-22(11-12-30-26)29(5,6)7;/h8-14,17H,1-7H3;/q-2;+2. The number of nitrogens with zero attached hydrogens (tertiary/aromatic N) is 5. The zero-order chi connectivity index (χ0) is 24.9. The monoisotopic (exact) mass is 658 g/mol. The summed E-state index contributed by atoms with van der Waals surface area (Å²) in [4.78, 5) is 9.45. The van der Waals surface area contributed by atoms with E-state index in [0.29, 0.717) is 11.5 Å². The summed E-state index contributed by atoms with van der Waals surface area (Å²) < 4.78 is 10.2. The van der Waals surface area contributed by atoms with Crippen molar-refractivity contribution in [2.24, 2.45) is 0 Å². The summed E-state index contributed by atoms with van der Waals surface area (Å²) in [6.45, 7) is 14.7. The summed E-state index contributed by atoms with van der Waals surface area (Å²) >= 11 is 0. The van der Waals surface area contributed by atoms with Gasteiger partial charge in [0, 0.05) is 29.1 Å². The molecule has 186 valence electrons.